The Morgan fingerprint density at radius 2 is 1.96 bits per heavy atom. The first-order valence-electron chi connectivity index (χ1n) is 9.41. The first kappa shape index (κ1) is 18.4. The largest absolute Gasteiger partial charge is 0.329 e. The van der Waals surface area contributed by atoms with Crippen LogP contribution in [0.25, 0.3) is 0 Å². The van der Waals surface area contributed by atoms with Gasteiger partial charge in [-0.1, -0.05) is 11.6 Å². The van der Waals surface area contributed by atoms with Gasteiger partial charge in [-0.15, -0.1) is 0 Å². The highest BCUT2D eigenvalue weighted by Gasteiger charge is 2.43. The van der Waals surface area contributed by atoms with Gasteiger partial charge in [0.05, 0.1) is 17.0 Å². The normalized spacial score (nSPS) is 27.0. The van der Waals surface area contributed by atoms with Crippen molar-refractivity contribution < 1.29 is 9.18 Å². The van der Waals surface area contributed by atoms with E-state index >= 15 is 0 Å². The first-order chi connectivity index (χ1) is 13.0. The van der Waals surface area contributed by atoms with Crippen LogP contribution in [-0.4, -0.2) is 28.5 Å². The lowest BCUT2D eigenvalue weighted by molar-refractivity contribution is 0.101. The number of nitrogens with zero attached hydrogens (tertiary/aromatic N) is 2. The van der Waals surface area contributed by atoms with E-state index in [1.54, 1.807) is 10.9 Å². The van der Waals surface area contributed by atoms with E-state index in [-0.39, 0.29) is 10.9 Å². The molecule has 0 spiro atoms. The predicted molar refractivity (Wildman–Crippen MR) is 104 cm³/mol. The van der Waals surface area contributed by atoms with E-state index in [1.807, 2.05) is 14.1 Å². The molecule has 0 saturated heterocycles. The fraction of sp³-hybridized carbons (Fsp3) is 0.500. The number of halogens is 2. The van der Waals surface area contributed by atoms with Crippen LogP contribution in [0.3, 0.4) is 0 Å². The molecular formula is C20H24ClFN4O. The highest BCUT2D eigenvalue weighted by atomic mass is 35.5. The molecule has 1 aromatic carbocycles. The van der Waals surface area contributed by atoms with Crippen molar-refractivity contribution in [1.82, 2.24) is 14.9 Å². The number of amides is 1. The molecule has 2 fully saturated rings. The predicted octanol–water partition coefficient (Wildman–Crippen LogP) is 3.96. The summed E-state index contributed by atoms with van der Waals surface area (Å²) in [6, 6.07) is 4.80. The summed E-state index contributed by atoms with van der Waals surface area (Å²) in [4.78, 5) is 17.5. The van der Waals surface area contributed by atoms with Crippen LogP contribution in [0.4, 0.5) is 10.1 Å². The molecule has 144 valence electrons. The third-order valence-electron chi connectivity index (χ3n) is 6.17. The van der Waals surface area contributed by atoms with Crippen LogP contribution in [0, 0.1) is 17.7 Å². The average Bonchev–Trinajstić information content (AvgIpc) is 3.30. The van der Waals surface area contributed by atoms with Crippen molar-refractivity contribution in [3.8, 4) is 0 Å². The number of rotatable bonds is 4. The Labute approximate surface area is 163 Å². The van der Waals surface area contributed by atoms with Crippen molar-refractivity contribution >= 4 is 23.2 Å². The summed E-state index contributed by atoms with van der Waals surface area (Å²) < 4.78 is 15.1. The average molecular weight is 391 g/mol. The van der Waals surface area contributed by atoms with Crippen molar-refractivity contribution in [3.05, 3.63) is 46.8 Å². The highest BCUT2D eigenvalue weighted by molar-refractivity contribution is 6.31. The molecule has 5 nitrogen and oxygen atoms in total. The maximum atomic E-state index is 13.3. The number of nitrogens with one attached hydrogen (secondary N) is 2. The molecule has 1 heterocycles. The SMILES string of the molecule is CNC1CC2CC(c3ncn(C)c3C(=O)Nc3ccc(F)c(Cl)c3)CC2C1. The smallest absolute Gasteiger partial charge is 0.274 e. The van der Waals surface area contributed by atoms with Crippen molar-refractivity contribution in [3.63, 3.8) is 0 Å². The van der Waals surface area contributed by atoms with Gasteiger partial charge in [-0.05, 0) is 62.8 Å². The molecule has 1 amide bonds. The van der Waals surface area contributed by atoms with E-state index in [9.17, 15) is 9.18 Å². The molecule has 27 heavy (non-hydrogen) atoms. The molecule has 2 aliphatic rings. The van der Waals surface area contributed by atoms with Gasteiger partial charge in [-0.25, -0.2) is 9.37 Å². The van der Waals surface area contributed by atoms with Gasteiger partial charge in [0.2, 0.25) is 0 Å². The van der Waals surface area contributed by atoms with Gasteiger partial charge in [0.1, 0.15) is 11.5 Å². The minimum atomic E-state index is -0.506. The maximum Gasteiger partial charge on any atom is 0.274 e. The lowest BCUT2D eigenvalue weighted by atomic mass is 9.97. The fourth-order valence-electron chi connectivity index (χ4n) is 4.86. The number of anilines is 1. The Hall–Kier alpha value is -1.92. The van der Waals surface area contributed by atoms with Crippen LogP contribution in [0.2, 0.25) is 5.02 Å². The van der Waals surface area contributed by atoms with Gasteiger partial charge in [-0.3, -0.25) is 4.79 Å². The first-order valence-corrected chi connectivity index (χ1v) is 9.79. The zero-order valence-corrected chi connectivity index (χ0v) is 16.3. The van der Waals surface area contributed by atoms with Crippen LogP contribution >= 0.6 is 11.6 Å². The van der Waals surface area contributed by atoms with Crippen LogP contribution in [-0.2, 0) is 7.05 Å². The topological polar surface area (TPSA) is 59.0 Å². The standard InChI is InChI=1S/C20H24ClFN4O/c1-23-15-7-11-5-13(6-12(11)8-15)18-19(26(2)10-24-18)20(27)25-14-3-4-17(22)16(21)9-14/h3-4,9-13,15,23H,5-8H2,1-2H3,(H,25,27). The van der Waals surface area contributed by atoms with E-state index in [0.29, 0.717) is 35.2 Å². The van der Waals surface area contributed by atoms with E-state index in [2.05, 4.69) is 15.6 Å². The third kappa shape index (κ3) is 3.48. The number of carbonyl (C=O) groups excluding carboxylic acids is 1. The number of aryl methyl sites for hydroxylation is 1. The second-order valence-corrected chi connectivity index (χ2v) is 8.23. The molecule has 0 aliphatic heterocycles. The molecule has 0 bridgehead atoms. The molecule has 2 saturated carbocycles. The summed E-state index contributed by atoms with van der Waals surface area (Å²) in [5.74, 6) is 0.991. The molecule has 2 unspecified atom stereocenters. The summed E-state index contributed by atoms with van der Waals surface area (Å²) in [6.07, 6.45) is 6.29. The molecule has 0 radical (unpaired) electrons. The summed E-state index contributed by atoms with van der Waals surface area (Å²) in [5.41, 5.74) is 1.92. The molecule has 2 aromatic rings. The number of fused-ring (bicyclic) bond motifs is 1. The van der Waals surface area contributed by atoms with Gasteiger partial charge < -0.3 is 15.2 Å². The summed E-state index contributed by atoms with van der Waals surface area (Å²) in [7, 11) is 3.86. The minimum absolute atomic E-state index is 0.0132. The van der Waals surface area contributed by atoms with Crippen LogP contribution in [0.5, 0.6) is 0 Å². The Balaban J connectivity index is 1.52. The number of benzene rings is 1. The Bertz CT molecular complexity index is 854. The quantitative estimate of drug-likeness (QED) is 0.830. The summed E-state index contributed by atoms with van der Waals surface area (Å²) >= 11 is 5.82. The van der Waals surface area contributed by atoms with Crippen molar-refractivity contribution in [2.45, 2.75) is 37.6 Å². The van der Waals surface area contributed by atoms with Gasteiger partial charge in [0.25, 0.3) is 5.91 Å². The molecular weight excluding hydrogens is 367 g/mol. The minimum Gasteiger partial charge on any atom is -0.329 e. The van der Waals surface area contributed by atoms with Gasteiger partial charge in [-0.2, -0.15) is 0 Å². The van der Waals surface area contributed by atoms with Gasteiger partial charge >= 0.3 is 0 Å². The highest BCUT2D eigenvalue weighted by Crippen LogP contribution is 2.50. The molecule has 1 aromatic heterocycles. The number of imidazole rings is 1. The van der Waals surface area contributed by atoms with Crippen molar-refractivity contribution in [1.29, 1.82) is 0 Å². The van der Waals surface area contributed by atoms with E-state index in [0.717, 1.165) is 18.5 Å². The number of hydrogen-bond acceptors (Lipinski definition) is 3. The Morgan fingerprint density at radius 1 is 1.26 bits per heavy atom. The van der Waals surface area contributed by atoms with E-state index < -0.39 is 5.82 Å². The molecule has 2 atom stereocenters. The third-order valence-corrected chi connectivity index (χ3v) is 6.46. The monoisotopic (exact) mass is 390 g/mol. The van der Waals surface area contributed by atoms with Crippen LogP contribution in [0.1, 0.15) is 47.8 Å². The number of carbonyl (C=O) groups is 1. The summed E-state index contributed by atoms with van der Waals surface area (Å²) in [6.45, 7) is 0. The molecule has 2 N–H and O–H groups in total. The van der Waals surface area contributed by atoms with Crippen LogP contribution < -0.4 is 10.6 Å². The van der Waals surface area contributed by atoms with Crippen LogP contribution in [0.15, 0.2) is 24.5 Å². The zero-order chi connectivity index (χ0) is 19.1. The van der Waals surface area contributed by atoms with Gasteiger partial charge in [0.15, 0.2) is 0 Å². The number of hydrogen-bond donors (Lipinski definition) is 2. The molecule has 2 aliphatic carbocycles. The molecule has 4 rings (SSSR count). The van der Waals surface area contributed by atoms with Crippen molar-refractivity contribution in [2.24, 2.45) is 18.9 Å². The maximum absolute atomic E-state index is 13.3. The second kappa shape index (κ2) is 7.24. The van der Waals surface area contributed by atoms with E-state index in [1.165, 1.54) is 31.0 Å². The van der Waals surface area contributed by atoms with Crippen molar-refractivity contribution in [2.75, 3.05) is 12.4 Å². The Kier molecular flexibility index (Phi) is 4.95. The molecule has 7 heteroatoms. The summed E-state index contributed by atoms with van der Waals surface area (Å²) in [5, 5.41) is 6.20. The van der Waals surface area contributed by atoms with E-state index in [4.69, 9.17) is 11.6 Å². The fourth-order valence-corrected chi connectivity index (χ4v) is 5.04. The van der Waals surface area contributed by atoms with Gasteiger partial charge in [0, 0.05) is 24.7 Å². The second-order valence-electron chi connectivity index (χ2n) is 7.82. The Morgan fingerprint density at radius 3 is 2.59 bits per heavy atom. The lowest BCUT2D eigenvalue weighted by Crippen LogP contribution is -2.22. The lowest BCUT2D eigenvalue weighted by Gasteiger charge is -2.15. The number of aromatic nitrogens is 2. The zero-order valence-electron chi connectivity index (χ0n) is 15.5.